The molecule has 0 bridgehead atoms. The Hall–Kier alpha value is -3.54. The van der Waals surface area contributed by atoms with Gasteiger partial charge < -0.3 is 19.3 Å². The number of halogens is 1. The van der Waals surface area contributed by atoms with E-state index in [4.69, 9.17) is 9.47 Å². The molecule has 1 heterocycles. The number of anilines is 1. The fourth-order valence-electron chi connectivity index (χ4n) is 4.37. The molecule has 6 heteroatoms. The van der Waals surface area contributed by atoms with Crippen LogP contribution in [-0.4, -0.2) is 43.6 Å². The standard InChI is InChI=1S/C29H33FN2O3/c1-4-34-27-14-9-22(19-23(27)20-35-28-8-6-5-7-26(28)21(2)3)29(33)32-17-15-31(16-18-32)25-12-10-24(30)11-13-25/h5-14,19,21H,4,15-18,20H2,1-3H3. The van der Waals surface area contributed by atoms with Gasteiger partial charge >= 0.3 is 0 Å². The van der Waals surface area contributed by atoms with Crippen LogP contribution in [0.3, 0.4) is 0 Å². The van der Waals surface area contributed by atoms with Crippen molar-refractivity contribution in [2.24, 2.45) is 0 Å². The van der Waals surface area contributed by atoms with Crippen LogP contribution in [0.2, 0.25) is 0 Å². The molecule has 0 radical (unpaired) electrons. The van der Waals surface area contributed by atoms with E-state index < -0.39 is 0 Å². The molecule has 0 aliphatic carbocycles. The number of piperazine rings is 1. The van der Waals surface area contributed by atoms with Gasteiger partial charge in [0, 0.05) is 43.0 Å². The second kappa shape index (κ2) is 11.3. The molecule has 3 aromatic carbocycles. The van der Waals surface area contributed by atoms with Crippen molar-refractivity contribution in [2.75, 3.05) is 37.7 Å². The van der Waals surface area contributed by atoms with Gasteiger partial charge in [0.25, 0.3) is 5.91 Å². The van der Waals surface area contributed by atoms with Crippen LogP contribution < -0.4 is 14.4 Å². The topological polar surface area (TPSA) is 42.0 Å². The van der Waals surface area contributed by atoms with Gasteiger partial charge in [-0.25, -0.2) is 4.39 Å². The number of hydrogen-bond acceptors (Lipinski definition) is 4. The molecule has 0 N–H and O–H groups in total. The number of para-hydroxylation sites is 1. The Morgan fingerprint density at radius 2 is 1.63 bits per heavy atom. The van der Waals surface area contributed by atoms with Crippen LogP contribution in [0, 0.1) is 5.82 Å². The Kier molecular flexibility index (Phi) is 7.91. The highest BCUT2D eigenvalue weighted by Gasteiger charge is 2.23. The Morgan fingerprint density at radius 3 is 2.31 bits per heavy atom. The van der Waals surface area contributed by atoms with Crippen molar-refractivity contribution in [2.45, 2.75) is 33.3 Å². The summed E-state index contributed by atoms with van der Waals surface area (Å²) in [4.78, 5) is 17.3. The van der Waals surface area contributed by atoms with E-state index in [2.05, 4.69) is 24.8 Å². The summed E-state index contributed by atoms with van der Waals surface area (Å²) in [6.45, 7) is 9.71. The smallest absolute Gasteiger partial charge is 0.253 e. The van der Waals surface area contributed by atoms with Gasteiger partial charge in [0.2, 0.25) is 0 Å². The fourth-order valence-corrected chi connectivity index (χ4v) is 4.37. The molecule has 0 unspecified atom stereocenters. The van der Waals surface area contributed by atoms with Gasteiger partial charge in [0.05, 0.1) is 6.61 Å². The molecule has 35 heavy (non-hydrogen) atoms. The van der Waals surface area contributed by atoms with Crippen LogP contribution in [0.5, 0.6) is 11.5 Å². The summed E-state index contributed by atoms with van der Waals surface area (Å²) in [5, 5.41) is 0. The summed E-state index contributed by atoms with van der Waals surface area (Å²) in [6.07, 6.45) is 0. The van der Waals surface area contributed by atoms with Crippen LogP contribution in [0.15, 0.2) is 66.7 Å². The second-order valence-electron chi connectivity index (χ2n) is 8.99. The van der Waals surface area contributed by atoms with Crippen molar-refractivity contribution in [3.63, 3.8) is 0 Å². The maximum Gasteiger partial charge on any atom is 0.253 e. The lowest BCUT2D eigenvalue weighted by atomic mass is 10.0. The molecule has 3 aromatic rings. The van der Waals surface area contributed by atoms with Crippen LogP contribution in [0.4, 0.5) is 10.1 Å². The number of carbonyl (C=O) groups excluding carboxylic acids is 1. The summed E-state index contributed by atoms with van der Waals surface area (Å²) < 4.78 is 25.2. The van der Waals surface area contributed by atoms with Gasteiger partial charge in [-0.15, -0.1) is 0 Å². The lowest BCUT2D eigenvalue weighted by Crippen LogP contribution is -2.48. The first-order chi connectivity index (χ1) is 17.0. The highest BCUT2D eigenvalue weighted by Crippen LogP contribution is 2.29. The minimum Gasteiger partial charge on any atom is -0.493 e. The maximum absolute atomic E-state index is 13.3. The third-order valence-corrected chi connectivity index (χ3v) is 6.29. The SMILES string of the molecule is CCOc1ccc(C(=O)N2CCN(c3ccc(F)cc3)CC2)cc1COc1ccccc1C(C)C. The molecule has 1 saturated heterocycles. The minimum atomic E-state index is -0.245. The quantitative estimate of drug-likeness (QED) is 0.407. The average molecular weight is 477 g/mol. The van der Waals surface area contributed by atoms with Crippen LogP contribution in [0.1, 0.15) is 48.2 Å². The first-order valence-corrected chi connectivity index (χ1v) is 12.2. The molecule has 0 saturated carbocycles. The first-order valence-electron chi connectivity index (χ1n) is 12.2. The van der Waals surface area contributed by atoms with E-state index in [0.29, 0.717) is 50.9 Å². The lowest BCUT2D eigenvalue weighted by molar-refractivity contribution is 0.0746. The van der Waals surface area contributed by atoms with Gasteiger partial charge in [-0.05, 0) is 66.9 Å². The number of ether oxygens (including phenoxy) is 2. The second-order valence-corrected chi connectivity index (χ2v) is 8.99. The third-order valence-electron chi connectivity index (χ3n) is 6.29. The van der Waals surface area contributed by atoms with E-state index in [9.17, 15) is 9.18 Å². The molecule has 1 aliphatic rings. The highest BCUT2D eigenvalue weighted by molar-refractivity contribution is 5.94. The Labute approximate surface area is 207 Å². The zero-order valence-electron chi connectivity index (χ0n) is 20.7. The summed E-state index contributed by atoms with van der Waals surface area (Å²) in [5.41, 5.74) is 3.60. The highest BCUT2D eigenvalue weighted by atomic mass is 19.1. The summed E-state index contributed by atoms with van der Waals surface area (Å²) in [5.74, 6) is 1.67. The summed E-state index contributed by atoms with van der Waals surface area (Å²) >= 11 is 0. The normalized spacial score (nSPS) is 13.7. The molecule has 0 aromatic heterocycles. The Morgan fingerprint density at radius 1 is 0.914 bits per heavy atom. The van der Waals surface area contributed by atoms with E-state index in [0.717, 1.165) is 28.3 Å². The van der Waals surface area contributed by atoms with Gasteiger partial charge in [-0.3, -0.25) is 4.79 Å². The van der Waals surface area contributed by atoms with Gasteiger partial charge in [0.1, 0.15) is 23.9 Å². The van der Waals surface area contributed by atoms with Crippen molar-refractivity contribution in [1.29, 1.82) is 0 Å². The Balaban J connectivity index is 1.46. The zero-order chi connectivity index (χ0) is 24.8. The minimum absolute atomic E-state index is 0.00404. The predicted octanol–water partition coefficient (Wildman–Crippen LogP) is 5.89. The van der Waals surface area contributed by atoms with Crippen molar-refractivity contribution < 1.29 is 18.7 Å². The van der Waals surface area contributed by atoms with Crippen molar-refractivity contribution in [1.82, 2.24) is 4.90 Å². The molecular weight excluding hydrogens is 443 g/mol. The van der Waals surface area contributed by atoms with E-state index in [-0.39, 0.29) is 11.7 Å². The average Bonchev–Trinajstić information content (AvgIpc) is 2.88. The largest absolute Gasteiger partial charge is 0.493 e. The van der Waals surface area contributed by atoms with Crippen molar-refractivity contribution >= 4 is 11.6 Å². The third kappa shape index (κ3) is 5.94. The summed E-state index contributed by atoms with van der Waals surface area (Å²) in [7, 11) is 0. The molecule has 0 atom stereocenters. The number of nitrogens with zero attached hydrogens (tertiary/aromatic N) is 2. The zero-order valence-corrected chi connectivity index (χ0v) is 20.7. The Bertz CT molecular complexity index is 1140. The number of hydrogen-bond donors (Lipinski definition) is 0. The van der Waals surface area contributed by atoms with Crippen LogP contribution in [-0.2, 0) is 6.61 Å². The molecule has 4 rings (SSSR count). The molecular formula is C29H33FN2O3. The monoisotopic (exact) mass is 476 g/mol. The molecule has 184 valence electrons. The molecule has 0 spiro atoms. The van der Waals surface area contributed by atoms with E-state index >= 15 is 0 Å². The summed E-state index contributed by atoms with van der Waals surface area (Å²) in [6, 6.07) is 20.1. The molecule has 1 aliphatic heterocycles. The predicted molar refractivity (Wildman–Crippen MR) is 137 cm³/mol. The maximum atomic E-state index is 13.3. The van der Waals surface area contributed by atoms with E-state index in [1.807, 2.05) is 48.2 Å². The van der Waals surface area contributed by atoms with E-state index in [1.54, 1.807) is 12.1 Å². The van der Waals surface area contributed by atoms with Crippen molar-refractivity contribution in [3.8, 4) is 11.5 Å². The number of amides is 1. The molecule has 5 nitrogen and oxygen atoms in total. The lowest BCUT2D eigenvalue weighted by Gasteiger charge is -2.36. The molecule has 1 amide bonds. The van der Waals surface area contributed by atoms with Gasteiger partial charge in [-0.2, -0.15) is 0 Å². The van der Waals surface area contributed by atoms with Crippen LogP contribution >= 0.6 is 0 Å². The number of benzene rings is 3. The van der Waals surface area contributed by atoms with Gasteiger partial charge in [-0.1, -0.05) is 32.0 Å². The van der Waals surface area contributed by atoms with Crippen LogP contribution in [0.25, 0.3) is 0 Å². The van der Waals surface area contributed by atoms with Gasteiger partial charge in [0.15, 0.2) is 0 Å². The fraction of sp³-hybridized carbons (Fsp3) is 0.345. The van der Waals surface area contributed by atoms with E-state index in [1.165, 1.54) is 12.1 Å². The number of rotatable bonds is 8. The first kappa shape index (κ1) is 24.6. The number of carbonyl (C=O) groups is 1. The van der Waals surface area contributed by atoms with Crippen molar-refractivity contribution in [3.05, 3.63) is 89.2 Å². The molecule has 1 fully saturated rings.